The first-order valence-electron chi connectivity index (χ1n) is 9.24. The van der Waals surface area contributed by atoms with Crippen LogP contribution in [0.1, 0.15) is 56.9 Å². The van der Waals surface area contributed by atoms with E-state index < -0.39 is 5.60 Å². The lowest BCUT2D eigenvalue weighted by Gasteiger charge is -2.48. The van der Waals surface area contributed by atoms with Gasteiger partial charge in [-0.1, -0.05) is 18.5 Å². The van der Waals surface area contributed by atoms with Crippen molar-refractivity contribution in [3.8, 4) is 0 Å². The molecule has 134 valence electrons. The second kappa shape index (κ2) is 6.33. The summed E-state index contributed by atoms with van der Waals surface area (Å²) < 4.78 is 0. The number of hydrogen-bond donors (Lipinski definition) is 2. The lowest BCUT2D eigenvalue weighted by Crippen LogP contribution is -2.55. The quantitative estimate of drug-likeness (QED) is 0.860. The number of likely N-dealkylation sites (tertiary alicyclic amines) is 1. The minimum Gasteiger partial charge on any atom is -0.390 e. The van der Waals surface area contributed by atoms with E-state index in [1.807, 2.05) is 29.3 Å². The number of carbonyl (C=O) groups is 1. The number of fused-ring (bicyclic) bond motifs is 3. The molecule has 2 heterocycles. The van der Waals surface area contributed by atoms with Gasteiger partial charge >= 0.3 is 0 Å². The topological polar surface area (TPSA) is 56.3 Å². The Hall–Kier alpha value is -1.52. The van der Waals surface area contributed by atoms with E-state index in [0.29, 0.717) is 24.4 Å². The summed E-state index contributed by atoms with van der Waals surface area (Å²) in [5.41, 5.74) is 1.66. The fourth-order valence-corrected chi connectivity index (χ4v) is 4.83. The van der Waals surface area contributed by atoms with Gasteiger partial charge in [0.1, 0.15) is 0 Å². The van der Waals surface area contributed by atoms with Gasteiger partial charge in [-0.25, -0.2) is 0 Å². The average molecular weight is 361 g/mol. The molecule has 3 atom stereocenters. The van der Waals surface area contributed by atoms with Crippen molar-refractivity contribution in [2.45, 2.75) is 63.0 Å². The first-order chi connectivity index (χ1) is 12.0. The van der Waals surface area contributed by atoms with Crippen LogP contribution in [0, 0.1) is 0 Å². The Bertz CT molecular complexity index is 802. The average Bonchev–Trinajstić information content (AvgIpc) is 2.97. The number of aliphatic hydroxyl groups is 1. The molecule has 2 aliphatic rings. The monoisotopic (exact) mass is 360 g/mol. The summed E-state index contributed by atoms with van der Waals surface area (Å²) in [4.78, 5) is 18.2. The van der Waals surface area contributed by atoms with Crippen LogP contribution in [0.3, 0.4) is 0 Å². The highest BCUT2D eigenvalue weighted by molar-refractivity contribution is 6.31. The maximum absolute atomic E-state index is 12.9. The number of halogens is 1. The summed E-state index contributed by atoms with van der Waals surface area (Å²) in [6, 6.07) is 6.03. The number of benzene rings is 1. The van der Waals surface area contributed by atoms with Crippen molar-refractivity contribution in [1.82, 2.24) is 9.88 Å². The van der Waals surface area contributed by atoms with Crippen LogP contribution in [0.5, 0.6) is 0 Å². The minimum atomic E-state index is -0.529. The van der Waals surface area contributed by atoms with Crippen molar-refractivity contribution in [3.05, 3.63) is 35.0 Å². The molecule has 4 nitrogen and oxygen atoms in total. The largest absolute Gasteiger partial charge is 0.390 e. The van der Waals surface area contributed by atoms with Gasteiger partial charge in [0.15, 0.2) is 0 Å². The molecule has 0 radical (unpaired) electrons. The second-order valence-corrected chi connectivity index (χ2v) is 8.29. The summed E-state index contributed by atoms with van der Waals surface area (Å²) in [5, 5.41) is 12.3. The smallest absolute Gasteiger partial charge is 0.223 e. The fourth-order valence-electron chi connectivity index (χ4n) is 4.65. The molecule has 1 saturated carbocycles. The highest BCUT2D eigenvalue weighted by Crippen LogP contribution is 2.39. The van der Waals surface area contributed by atoms with E-state index >= 15 is 0 Å². The predicted octanol–water partition coefficient (Wildman–Crippen LogP) is 4.22. The van der Waals surface area contributed by atoms with Crippen LogP contribution < -0.4 is 0 Å². The molecule has 3 unspecified atom stereocenters. The van der Waals surface area contributed by atoms with Crippen LogP contribution in [0.4, 0.5) is 0 Å². The van der Waals surface area contributed by atoms with Crippen LogP contribution >= 0.6 is 11.6 Å². The number of rotatable bonds is 3. The summed E-state index contributed by atoms with van der Waals surface area (Å²) in [6.45, 7) is 2.79. The molecule has 1 aliphatic heterocycles. The number of amides is 1. The SMILES string of the molecule is CC(CC(=O)N1CCC2(O)CCCC1C2)c1c[nH]c2ccc(Cl)cc12. The van der Waals surface area contributed by atoms with Crippen molar-refractivity contribution in [1.29, 1.82) is 0 Å². The molecular weight excluding hydrogens is 336 g/mol. The van der Waals surface area contributed by atoms with Crippen molar-refractivity contribution in [2.75, 3.05) is 6.54 Å². The number of aromatic amines is 1. The third-order valence-corrected chi connectivity index (χ3v) is 6.30. The Morgan fingerprint density at radius 3 is 3.16 bits per heavy atom. The number of carbonyl (C=O) groups excluding carboxylic acids is 1. The zero-order valence-electron chi connectivity index (χ0n) is 14.6. The number of nitrogens with one attached hydrogen (secondary N) is 1. The van der Waals surface area contributed by atoms with Gasteiger partial charge in [0.2, 0.25) is 5.91 Å². The molecule has 1 saturated heterocycles. The number of nitrogens with zero attached hydrogens (tertiary/aromatic N) is 1. The van der Waals surface area contributed by atoms with E-state index in [2.05, 4.69) is 11.9 Å². The number of hydrogen-bond acceptors (Lipinski definition) is 2. The van der Waals surface area contributed by atoms with Crippen molar-refractivity contribution in [2.24, 2.45) is 0 Å². The summed E-state index contributed by atoms with van der Waals surface area (Å²) >= 11 is 6.14. The molecule has 2 fully saturated rings. The molecule has 25 heavy (non-hydrogen) atoms. The summed E-state index contributed by atoms with van der Waals surface area (Å²) in [7, 11) is 0. The molecule has 2 aromatic rings. The van der Waals surface area contributed by atoms with Crippen LogP contribution in [-0.2, 0) is 4.79 Å². The van der Waals surface area contributed by atoms with Gasteiger partial charge < -0.3 is 15.0 Å². The number of H-pyrrole nitrogens is 1. The molecule has 5 heteroatoms. The zero-order valence-corrected chi connectivity index (χ0v) is 15.4. The van der Waals surface area contributed by atoms with Crippen LogP contribution in [-0.4, -0.2) is 39.1 Å². The van der Waals surface area contributed by atoms with Crippen LogP contribution in [0.15, 0.2) is 24.4 Å². The Labute approximate surface area is 153 Å². The maximum atomic E-state index is 12.9. The standard InChI is InChI=1S/C20H25ClN2O2/c1-13(17-12-22-18-5-4-14(21)10-16(17)18)9-19(24)23-8-7-20(25)6-2-3-15(23)11-20/h4-5,10,12-13,15,22,25H,2-3,6-9,11H2,1H3. The molecule has 1 aromatic carbocycles. The molecule has 1 aliphatic carbocycles. The number of piperidine rings is 1. The van der Waals surface area contributed by atoms with Crippen LogP contribution in [0.2, 0.25) is 5.02 Å². The van der Waals surface area contributed by atoms with Crippen molar-refractivity contribution >= 4 is 28.4 Å². The molecule has 2 N–H and O–H groups in total. The van der Waals surface area contributed by atoms with E-state index in [4.69, 9.17) is 11.6 Å². The Morgan fingerprint density at radius 2 is 2.32 bits per heavy atom. The second-order valence-electron chi connectivity index (χ2n) is 7.85. The van der Waals surface area contributed by atoms with E-state index in [1.54, 1.807) is 0 Å². The molecule has 2 bridgehead atoms. The third-order valence-electron chi connectivity index (χ3n) is 6.06. The highest BCUT2D eigenvalue weighted by atomic mass is 35.5. The molecule has 4 rings (SSSR count). The molecule has 0 spiro atoms. The highest BCUT2D eigenvalue weighted by Gasteiger charge is 2.42. The van der Waals surface area contributed by atoms with Crippen molar-refractivity contribution in [3.63, 3.8) is 0 Å². The van der Waals surface area contributed by atoms with Gasteiger partial charge in [0, 0.05) is 41.1 Å². The minimum absolute atomic E-state index is 0.129. The van der Waals surface area contributed by atoms with Crippen molar-refractivity contribution < 1.29 is 9.90 Å². The van der Waals surface area contributed by atoms with E-state index in [9.17, 15) is 9.90 Å². The normalized spacial score (nSPS) is 27.5. The van der Waals surface area contributed by atoms with Gasteiger partial charge in [-0.2, -0.15) is 0 Å². The summed E-state index contributed by atoms with van der Waals surface area (Å²) in [5.74, 6) is 0.335. The Balaban J connectivity index is 1.49. The Kier molecular flexibility index (Phi) is 4.28. The zero-order chi connectivity index (χ0) is 17.6. The fraction of sp³-hybridized carbons (Fsp3) is 0.550. The first-order valence-corrected chi connectivity index (χ1v) is 9.61. The maximum Gasteiger partial charge on any atom is 0.223 e. The van der Waals surface area contributed by atoms with Crippen LogP contribution in [0.25, 0.3) is 10.9 Å². The van der Waals surface area contributed by atoms with Gasteiger partial charge in [0.05, 0.1) is 5.60 Å². The van der Waals surface area contributed by atoms with Gasteiger partial charge in [-0.3, -0.25) is 4.79 Å². The van der Waals surface area contributed by atoms with Gasteiger partial charge in [-0.05, 0) is 61.8 Å². The first kappa shape index (κ1) is 16.9. The molecular formula is C20H25ClN2O2. The van der Waals surface area contributed by atoms with Gasteiger partial charge in [-0.15, -0.1) is 0 Å². The predicted molar refractivity (Wildman–Crippen MR) is 99.9 cm³/mol. The molecule has 1 aromatic heterocycles. The third kappa shape index (κ3) is 3.18. The lowest BCUT2D eigenvalue weighted by atomic mass is 9.76. The summed E-state index contributed by atoms with van der Waals surface area (Å²) in [6.07, 6.45) is 6.87. The van der Waals surface area contributed by atoms with E-state index in [0.717, 1.165) is 42.1 Å². The lowest BCUT2D eigenvalue weighted by molar-refractivity contribution is -0.144. The molecule has 1 amide bonds. The van der Waals surface area contributed by atoms with E-state index in [-0.39, 0.29) is 17.9 Å². The number of aromatic nitrogens is 1. The Morgan fingerprint density at radius 1 is 1.48 bits per heavy atom. The van der Waals surface area contributed by atoms with Gasteiger partial charge in [0.25, 0.3) is 0 Å². The van der Waals surface area contributed by atoms with E-state index in [1.165, 1.54) is 0 Å².